The molecule has 3 atom stereocenters. The van der Waals surface area contributed by atoms with Crippen LogP contribution in [0.25, 0.3) is 0 Å². The van der Waals surface area contributed by atoms with Crippen LogP contribution >= 0.6 is 15.6 Å². The second-order valence-electron chi connectivity index (χ2n) is 14.2. The Morgan fingerprint density at radius 1 is 0.431 bits per heavy atom. The summed E-state index contributed by atoms with van der Waals surface area (Å²) in [6.07, 6.45) is 58.7. The topological polar surface area (TPSA) is 195 Å². The average Bonchev–Trinajstić information content (AvgIpc) is 3.27. The Labute approximate surface area is 389 Å². The first-order valence-corrected chi connectivity index (χ1v) is 25.6. The first-order valence-electron chi connectivity index (χ1n) is 22.5. The number of rotatable bonds is 40. The molecule has 0 saturated carbocycles. The zero-order valence-corrected chi connectivity index (χ0v) is 40.3. The van der Waals surface area contributed by atoms with Crippen LogP contribution in [0.3, 0.4) is 0 Å². The molecule has 1 unspecified atom stereocenters. The van der Waals surface area contributed by atoms with E-state index in [9.17, 15) is 28.7 Å². The van der Waals surface area contributed by atoms with Gasteiger partial charge in [-0.3, -0.25) is 23.2 Å². The molecule has 0 bridgehead atoms. The molecule has 0 aromatic carbocycles. The van der Waals surface area contributed by atoms with Crippen LogP contribution in [0.15, 0.2) is 146 Å². The van der Waals surface area contributed by atoms with Crippen molar-refractivity contribution >= 4 is 27.6 Å². The van der Waals surface area contributed by atoms with Crippen molar-refractivity contribution in [1.82, 2.24) is 0 Å². The highest BCUT2D eigenvalue weighted by molar-refractivity contribution is 7.47. The minimum Gasteiger partial charge on any atom is -0.462 e. The van der Waals surface area contributed by atoms with Crippen LogP contribution in [-0.2, 0) is 41.8 Å². The lowest BCUT2D eigenvalue weighted by Crippen LogP contribution is -2.29. The SMILES string of the molecule is CC/C=C\C/C=C\C/C=C\C/C=C\C/C=C\C/C=C\CCC(=O)OC[C@H](COP(=O)(O)OC[C@@H](O)COP(=O)(O)O)OC(=O)CC/C=C\C/C=C\C/C=C\C/C=C\C/C=C\C/C=C\CC. The molecular formula is C50H76O13P2. The summed E-state index contributed by atoms with van der Waals surface area (Å²) in [5.74, 6) is -1.24. The zero-order valence-electron chi connectivity index (χ0n) is 38.5. The van der Waals surface area contributed by atoms with Crippen LogP contribution in [0.2, 0.25) is 0 Å². The van der Waals surface area contributed by atoms with Gasteiger partial charge in [-0.1, -0.05) is 160 Å². The Morgan fingerprint density at radius 2 is 0.738 bits per heavy atom. The number of aliphatic hydroxyl groups is 1. The molecule has 4 N–H and O–H groups in total. The summed E-state index contributed by atoms with van der Waals surface area (Å²) < 4.78 is 47.6. The van der Waals surface area contributed by atoms with E-state index in [0.717, 1.165) is 64.2 Å². The molecule has 0 radical (unpaired) electrons. The van der Waals surface area contributed by atoms with Gasteiger partial charge >= 0.3 is 27.6 Å². The van der Waals surface area contributed by atoms with Crippen LogP contribution in [0.4, 0.5) is 0 Å². The van der Waals surface area contributed by atoms with Gasteiger partial charge in [0.25, 0.3) is 0 Å². The van der Waals surface area contributed by atoms with Crippen molar-refractivity contribution in [3.8, 4) is 0 Å². The molecule has 0 fully saturated rings. The maximum Gasteiger partial charge on any atom is 0.472 e. The fraction of sp³-hybridized carbons (Fsp3) is 0.480. The van der Waals surface area contributed by atoms with Crippen LogP contribution in [0.5, 0.6) is 0 Å². The molecule has 364 valence electrons. The van der Waals surface area contributed by atoms with E-state index in [2.05, 4.69) is 132 Å². The van der Waals surface area contributed by atoms with E-state index in [1.165, 1.54) is 0 Å². The summed E-state index contributed by atoms with van der Waals surface area (Å²) in [6.45, 7) is 1.33. The minimum absolute atomic E-state index is 0.0195. The lowest BCUT2D eigenvalue weighted by atomic mass is 10.2. The molecule has 13 nitrogen and oxygen atoms in total. The Balaban J connectivity index is 4.77. The van der Waals surface area contributed by atoms with Crippen LogP contribution in [0.1, 0.15) is 117 Å². The summed E-state index contributed by atoms with van der Waals surface area (Å²) in [4.78, 5) is 52.7. The highest BCUT2D eigenvalue weighted by Gasteiger charge is 2.28. The van der Waals surface area contributed by atoms with E-state index < -0.39 is 66.2 Å². The Morgan fingerprint density at radius 3 is 1.09 bits per heavy atom. The number of ether oxygens (including phenoxy) is 2. The normalized spacial score (nSPS) is 15.2. The van der Waals surface area contributed by atoms with Gasteiger partial charge in [-0.25, -0.2) is 9.13 Å². The lowest BCUT2D eigenvalue weighted by molar-refractivity contribution is -0.161. The van der Waals surface area contributed by atoms with Gasteiger partial charge in [0, 0.05) is 12.8 Å². The van der Waals surface area contributed by atoms with E-state index >= 15 is 0 Å². The molecule has 0 aliphatic heterocycles. The summed E-state index contributed by atoms with van der Waals surface area (Å²) >= 11 is 0. The maximum atomic E-state index is 12.7. The fourth-order valence-electron chi connectivity index (χ4n) is 4.93. The van der Waals surface area contributed by atoms with Crippen molar-refractivity contribution in [3.63, 3.8) is 0 Å². The molecule has 0 aromatic heterocycles. The van der Waals surface area contributed by atoms with Crippen molar-refractivity contribution < 1.29 is 61.6 Å². The Hall–Kier alpha value is -4.00. The Bertz CT molecular complexity index is 1690. The minimum atomic E-state index is -4.89. The van der Waals surface area contributed by atoms with Gasteiger partial charge in [-0.2, -0.15) is 0 Å². The quantitative estimate of drug-likeness (QED) is 0.0258. The molecule has 0 spiro atoms. The number of phosphoric acid groups is 2. The van der Waals surface area contributed by atoms with Gasteiger partial charge in [0.15, 0.2) is 6.10 Å². The standard InChI is InChI=1S/C50H76O13P2/c1-3-5-7-9-11-13-15-17-19-21-23-25-27-29-31-33-35-37-39-41-49(52)59-45-48(46-62-65(57,58)61-44-47(51)43-60-64(54,55)56)63-50(53)42-40-38-36-34-32-30-28-26-24-22-20-18-16-14-12-10-8-6-4-2/h5-8,11-14,17-20,23-26,29-32,35-38,47-48,51H,3-4,9-10,15-16,21-22,27-28,33-34,39-46H2,1-2H3,(H,57,58)(H2,54,55,56)/b7-5-,8-6-,13-11-,14-12-,19-17-,20-18-,25-23-,26-24-,31-29-,32-30-,37-35-,38-36-/t47-,48+/m0/s1. The molecule has 0 aliphatic rings. The first kappa shape index (κ1) is 61.0. The van der Waals surface area contributed by atoms with E-state index in [1.54, 1.807) is 0 Å². The van der Waals surface area contributed by atoms with Gasteiger partial charge in [0.05, 0.1) is 19.8 Å². The summed E-state index contributed by atoms with van der Waals surface area (Å²) in [5, 5.41) is 9.75. The number of phosphoric ester groups is 2. The highest BCUT2D eigenvalue weighted by Crippen LogP contribution is 2.43. The molecule has 65 heavy (non-hydrogen) atoms. The molecule has 0 aliphatic carbocycles. The molecule has 0 aromatic rings. The predicted molar refractivity (Wildman–Crippen MR) is 261 cm³/mol. The molecule has 15 heteroatoms. The average molecular weight is 947 g/mol. The number of hydrogen-bond donors (Lipinski definition) is 4. The van der Waals surface area contributed by atoms with Gasteiger partial charge in [0.1, 0.15) is 12.7 Å². The third-order valence-electron chi connectivity index (χ3n) is 8.24. The summed E-state index contributed by atoms with van der Waals surface area (Å²) in [5.41, 5.74) is 0. The van der Waals surface area contributed by atoms with Crippen molar-refractivity contribution in [2.45, 2.75) is 129 Å². The first-order chi connectivity index (χ1) is 31.4. The lowest BCUT2D eigenvalue weighted by Gasteiger charge is -2.20. The van der Waals surface area contributed by atoms with Crippen molar-refractivity contribution in [1.29, 1.82) is 0 Å². The van der Waals surface area contributed by atoms with Crippen LogP contribution < -0.4 is 0 Å². The fourth-order valence-corrected chi connectivity index (χ4v) is 6.08. The molecule has 0 rings (SSSR count). The summed E-state index contributed by atoms with van der Waals surface area (Å²) in [6, 6.07) is 0. The van der Waals surface area contributed by atoms with Crippen molar-refractivity contribution in [2.24, 2.45) is 0 Å². The predicted octanol–water partition coefficient (Wildman–Crippen LogP) is 12.0. The number of carbonyl (C=O) groups excluding carboxylic acids is 2. The van der Waals surface area contributed by atoms with Gasteiger partial charge < -0.3 is 29.3 Å². The van der Waals surface area contributed by atoms with E-state index in [0.29, 0.717) is 25.7 Å². The largest absolute Gasteiger partial charge is 0.472 e. The third-order valence-corrected chi connectivity index (χ3v) is 9.68. The molecular weight excluding hydrogens is 870 g/mol. The molecule has 0 amide bonds. The van der Waals surface area contributed by atoms with Gasteiger partial charge in [-0.05, 0) is 89.9 Å². The van der Waals surface area contributed by atoms with E-state index in [1.807, 2.05) is 36.5 Å². The Kier molecular flexibility index (Phi) is 41.2. The number of esters is 2. The highest BCUT2D eigenvalue weighted by atomic mass is 31.2. The zero-order chi connectivity index (χ0) is 48.0. The van der Waals surface area contributed by atoms with E-state index in [4.69, 9.17) is 23.8 Å². The summed E-state index contributed by atoms with van der Waals surface area (Å²) in [7, 11) is -9.74. The number of hydrogen-bond acceptors (Lipinski definition) is 10. The molecule has 0 heterocycles. The third kappa shape index (κ3) is 47.8. The number of carbonyl (C=O) groups is 2. The second kappa shape index (κ2) is 43.9. The van der Waals surface area contributed by atoms with Crippen LogP contribution in [-0.4, -0.2) is 70.4 Å². The van der Waals surface area contributed by atoms with Gasteiger partial charge in [0.2, 0.25) is 0 Å². The smallest absolute Gasteiger partial charge is 0.462 e. The van der Waals surface area contributed by atoms with Crippen molar-refractivity contribution in [3.05, 3.63) is 146 Å². The maximum absolute atomic E-state index is 12.7. The second-order valence-corrected chi connectivity index (χ2v) is 16.9. The van der Waals surface area contributed by atoms with Gasteiger partial charge in [-0.15, -0.1) is 0 Å². The van der Waals surface area contributed by atoms with E-state index in [-0.39, 0.29) is 12.8 Å². The number of aliphatic hydroxyl groups excluding tert-OH is 1. The van der Waals surface area contributed by atoms with Crippen LogP contribution in [0, 0.1) is 0 Å². The number of allylic oxidation sites excluding steroid dienone is 24. The van der Waals surface area contributed by atoms with Crippen molar-refractivity contribution in [2.75, 3.05) is 26.4 Å². The monoisotopic (exact) mass is 946 g/mol. The molecule has 0 saturated heterocycles.